The summed E-state index contributed by atoms with van der Waals surface area (Å²) in [5.41, 5.74) is 4.42. The fraction of sp³-hybridized carbons (Fsp3) is 0.235. The fourth-order valence-electron chi connectivity index (χ4n) is 2.61. The van der Waals surface area contributed by atoms with Gasteiger partial charge in [0.25, 0.3) is 5.91 Å². The molecule has 3 rings (SSSR count). The lowest BCUT2D eigenvalue weighted by Crippen LogP contribution is -2.14. The molecule has 0 saturated heterocycles. The molecule has 4 nitrogen and oxygen atoms in total. The Morgan fingerprint density at radius 1 is 1.19 bits per heavy atom. The van der Waals surface area contributed by atoms with Crippen LogP contribution in [-0.2, 0) is 13.1 Å². The van der Waals surface area contributed by atoms with Crippen molar-refractivity contribution in [3.63, 3.8) is 0 Å². The third-order valence-corrected chi connectivity index (χ3v) is 3.76. The first kappa shape index (κ1) is 13.8. The SMILES string of the molecule is CC(O)c1ccccc1NC(=O)c1ccc2c(c1)CNC2. The molecule has 0 aliphatic carbocycles. The zero-order chi connectivity index (χ0) is 14.8. The Labute approximate surface area is 123 Å². The molecule has 0 radical (unpaired) electrons. The maximum atomic E-state index is 12.4. The summed E-state index contributed by atoms with van der Waals surface area (Å²) in [6.45, 7) is 3.36. The molecule has 1 aliphatic heterocycles. The Morgan fingerprint density at radius 2 is 1.95 bits per heavy atom. The summed E-state index contributed by atoms with van der Waals surface area (Å²) in [5, 5.41) is 15.9. The monoisotopic (exact) mass is 282 g/mol. The molecular weight excluding hydrogens is 264 g/mol. The third kappa shape index (κ3) is 2.82. The first-order valence-corrected chi connectivity index (χ1v) is 7.06. The van der Waals surface area contributed by atoms with E-state index in [4.69, 9.17) is 0 Å². The molecular formula is C17H18N2O2. The highest BCUT2D eigenvalue weighted by molar-refractivity contribution is 6.04. The molecule has 1 heterocycles. The molecule has 1 atom stereocenters. The van der Waals surface area contributed by atoms with Crippen LogP contribution in [-0.4, -0.2) is 11.0 Å². The highest BCUT2D eigenvalue weighted by Gasteiger charge is 2.15. The highest BCUT2D eigenvalue weighted by Crippen LogP contribution is 2.23. The van der Waals surface area contributed by atoms with E-state index in [-0.39, 0.29) is 5.91 Å². The largest absolute Gasteiger partial charge is 0.389 e. The molecule has 0 spiro atoms. The molecule has 0 bridgehead atoms. The van der Waals surface area contributed by atoms with Crippen molar-refractivity contribution < 1.29 is 9.90 Å². The van der Waals surface area contributed by atoms with Gasteiger partial charge >= 0.3 is 0 Å². The molecule has 1 aliphatic rings. The molecule has 0 aromatic heterocycles. The van der Waals surface area contributed by atoms with Crippen LogP contribution >= 0.6 is 0 Å². The molecule has 1 unspecified atom stereocenters. The fourth-order valence-corrected chi connectivity index (χ4v) is 2.61. The molecule has 3 N–H and O–H groups in total. The summed E-state index contributed by atoms with van der Waals surface area (Å²) >= 11 is 0. The van der Waals surface area contributed by atoms with Gasteiger partial charge in [0.2, 0.25) is 0 Å². The van der Waals surface area contributed by atoms with E-state index in [0.717, 1.165) is 13.1 Å². The molecule has 21 heavy (non-hydrogen) atoms. The average molecular weight is 282 g/mol. The Kier molecular flexibility index (Phi) is 3.73. The second-order valence-corrected chi connectivity index (χ2v) is 5.30. The molecule has 108 valence electrons. The van der Waals surface area contributed by atoms with Gasteiger partial charge in [-0.1, -0.05) is 24.3 Å². The quantitative estimate of drug-likeness (QED) is 0.811. The number of aliphatic hydroxyl groups is 1. The minimum Gasteiger partial charge on any atom is -0.389 e. The predicted octanol–water partition coefficient (Wildman–Crippen LogP) is 2.60. The summed E-state index contributed by atoms with van der Waals surface area (Å²) in [6, 6.07) is 13.1. The summed E-state index contributed by atoms with van der Waals surface area (Å²) in [4.78, 5) is 12.4. The predicted molar refractivity (Wildman–Crippen MR) is 82.0 cm³/mol. The Balaban J connectivity index is 1.84. The Bertz CT molecular complexity index is 680. The number of amides is 1. The van der Waals surface area contributed by atoms with E-state index in [9.17, 15) is 9.90 Å². The van der Waals surface area contributed by atoms with Gasteiger partial charge in [0.05, 0.1) is 6.10 Å². The van der Waals surface area contributed by atoms with Gasteiger partial charge in [-0.15, -0.1) is 0 Å². The van der Waals surface area contributed by atoms with Crippen LogP contribution in [0.1, 0.15) is 40.1 Å². The zero-order valence-corrected chi connectivity index (χ0v) is 11.9. The van der Waals surface area contributed by atoms with E-state index in [1.54, 1.807) is 13.0 Å². The van der Waals surface area contributed by atoms with E-state index >= 15 is 0 Å². The van der Waals surface area contributed by atoms with E-state index in [1.807, 2.05) is 36.4 Å². The maximum absolute atomic E-state index is 12.4. The number of para-hydroxylation sites is 1. The van der Waals surface area contributed by atoms with Crippen LogP contribution in [0.4, 0.5) is 5.69 Å². The van der Waals surface area contributed by atoms with Gasteiger partial charge < -0.3 is 15.7 Å². The van der Waals surface area contributed by atoms with Crippen LogP contribution in [0.3, 0.4) is 0 Å². The van der Waals surface area contributed by atoms with Crippen molar-refractivity contribution in [2.75, 3.05) is 5.32 Å². The van der Waals surface area contributed by atoms with E-state index < -0.39 is 6.10 Å². The minimum atomic E-state index is -0.620. The van der Waals surface area contributed by atoms with Gasteiger partial charge in [-0.3, -0.25) is 4.79 Å². The van der Waals surface area contributed by atoms with Gasteiger partial charge in [-0.25, -0.2) is 0 Å². The van der Waals surface area contributed by atoms with Gasteiger partial charge in [0.15, 0.2) is 0 Å². The van der Waals surface area contributed by atoms with Crippen molar-refractivity contribution in [2.45, 2.75) is 26.1 Å². The summed E-state index contributed by atoms with van der Waals surface area (Å²) < 4.78 is 0. The first-order valence-electron chi connectivity index (χ1n) is 7.06. The molecule has 0 saturated carbocycles. The van der Waals surface area contributed by atoms with Gasteiger partial charge in [-0.2, -0.15) is 0 Å². The lowest BCUT2D eigenvalue weighted by molar-refractivity contribution is 0.102. The molecule has 4 heteroatoms. The number of nitrogens with one attached hydrogen (secondary N) is 2. The Morgan fingerprint density at radius 3 is 2.76 bits per heavy atom. The third-order valence-electron chi connectivity index (χ3n) is 3.76. The van der Waals surface area contributed by atoms with Crippen LogP contribution < -0.4 is 10.6 Å². The lowest BCUT2D eigenvalue weighted by atomic mass is 10.0. The van der Waals surface area contributed by atoms with Crippen molar-refractivity contribution >= 4 is 11.6 Å². The van der Waals surface area contributed by atoms with Gasteiger partial charge in [-0.05, 0) is 36.2 Å². The Hall–Kier alpha value is -2.17. The molecule has 2 aromatic carbocycles. The second kappa shape index (κ2) is 5.68. The van der Waals surface area contributed by atoms with Gasteiger partial charge in [0.1, 0.15) is 0 Å². The number of carbonyl (C=O) groups is 1. The summed E-state index contributed by atoms with van der Waals surface area (Å²) in [6.07, 6.45) is -0.620. The molecule has 2 aromatic rings. The highest BCUT2D eigenvalue weighted by atomic mass is 16.3. The summed E-state index contributed by atoms with van der Waals surface area (Å²) in [5.74, 6) is -0.155. The zero-order valence-electron chi connectivity index (χ0n) is 11.9. The lowest BCUT2D eigenvalue weighted by Gasteiger charge is -2.13. The number of aliphatic hydroxyl groups excluding tert-OH is 1. The van der Waals surface area contributed by atoms with Crippen molar-refractivity contribution in [3.05, 3.63) is 64.7 Å². The first-order chi connectivity index (χ1) is 10.1. The standard InChI is InChI=1S/C17H18N2O2/c1-11(20)15-4-2-3-5-16(15)19-17(21)12-6-7-13-9-18-10-14(13)8-12/h2-8,11,18,20H,9-10H2,1H3,(H,19,21). The normalized spacial score (nSPS) is 14.6. The van der Waals surface area contributed by atoms with Crippen LogP contribution in [0.5, 0.6) is 0 Å². The number of rotatable bonds is 3. The minimum absolute atomic E-state index is 0.155. The van der Waals surface area contributed by atoms with Gasteiger partial charge in [0, 0.05) is 29.9 Å². The van der Waals surface area contributed by atoms with Crippen molar-refractivity contribution in [1.82, 2.24) is 5.32 Å². The van der Waals surface area contributed by atoms with Crippen molar-refractivity contribution in [1.29, 1.82) is 0 Å². The number of benzene rings is 2. The number of hydrogen-bond donors (Lipinski definition) is 3. The maximum Gasteiger partial charge on any atom is 0.255 e. The van der Waals surface area contributed by atoms with Crippen LogP contribution in [0.25, 0.3) is 0 Å². The van der Waals surface area contributed by atoms with Crippen LogP contribution in [0, 0.1) is 0 Å². The molecule has 0 fully saturated rings. The number of hydrogen-bond acceptors (Lipinski definition) is 3. The van der Waals surface area contributed by atoms with Crippen molar-refractivity contribution in [3.8, 4) is 0 Å². The van der Waals surface area contributed by atoms with E-state index in [1.165, 1.54) is 11.1 Å². The average Bonchev–Trinajstić information content (AvgIpc) is 2.94. The smallest absolute Gasteiger partial charge is 0.255 e. The van der Waals surface area contributed by atoms with Crippen LogP contribution in [0.2, 0.25) is 0 Å². The number of fused-ring (bicyclic) bond motifs is 1. The van der Waals surface area contributed by atoms with E-state index in [0.29, 0.717) is 16.8 Å². The number of anilines is 1. The van der Waals surface area contributed by atoms with Crippen LogP contribution in [0.15, 0.2) is 42.5 Å². The second-order valence-electron chi connectivity index (χ2n) is 5.30. The number of carbonyl (C=O) groups excluding carboxylic acids is 1. The summed E-state index contributed by atoms with van der Waals surface area (Å²) in [7, 11) is 0. The topological polar surface area (TPSA) is 61.4 Å². The molecule has 1 amide bonds. The van der Waals surface area contributed by atoms with E-state index in [2.05, 4.69) is 10.6 Å². The van der Waals surface area contributed by atoms with Crippen molar-refractivity contribution in [2.24, 2.45) is 0 Å².